The van der Waals surface area contributed by atoms with E-state index in [1.165, 1.54) is 0 Å². The van der Waals surface area contributed by atoms with Gasteiger partial charge in [0.15, 0.2) is 7.29 Å². The third kappa shape index (κ3) is 3.10. The van der Waals surface area contributed by atoms with E-state index in [2.05, 4.69) is 5.09 Å². The Hall–Kier alpha value is -1.37. The van der Waals surface area contributed by atoms with Gasteiger partial charge in [0, 0.05) is 18.0 Å². The maximum absolute atomic E-state index is 12.7. The summed E-state index contributed by atoms with van der Waals surface area (Å²) in [5, 5.41) is 4.11. The number of benzene rings is 2. The zero-order chi connectivity index (χ0) is 13.0. The molecule has 18 heavy (non-hydrogen) atoms. The predicted octanol–water partition coefficient (Wildman–Crippen LogP) is 3.57. The molecule has 0 amide bonds. The lowest BCUT2D eigenvalue weighted by Crippen LogP contribution is -2.21. The molecule has 0 bridgehead atoms. The van der Waals surface area contributed by atoms with Crippen molar-refractivity contribution in [1.29, 1.82) is 0 Å². The molecule has 0 fully saturated rings. The molecule has 1 unspecified atom stereocenters. The van der Waals surface area contributed by atoms with E-state index >= 15 is 0 Å². The van der Waals surface area contributed by atoms with Crippen LogP contribution in [0.4, 0.5) is 0 Å². The third-order valence-electron chi connectivity index (χ3n) is 2.99. The van der Waals surface area contributed by atoms with Crippen LogP contribution in [0.3, 0.4) is 0 Å². The van der Waals surface area contributed by atoms with Gasteiger partial charge in [0.2, 0.25) is 0 Å². The highest BCUT2D eigenvalue weighted by atomic mass is 31.2. The quantitative estimate of drug-likeness (QED) is 0.850. The SMILES string of the molecule is C[C@H](NP(C)(=O)c1ccccc1)c1ccccc1. The van der Waals surface area contributed by atoms with Crippen molar-refractivity contribution in [2.75, 3.05) is 6.66 Å². The van der Waals surface area contributed by atoms with E-state index in [4.69, 9.17) is 0 Å². The van der Waals surface area contributed by atoms with E-state index in [1.54, 1.807) is 6.66 Å². The molecule has 2 atom stereocenters. The van der Waals surface area contributed by atoms with Crippen LogP contribution in [0.5, 0.6) is 0 Å². The average molecular weight is 259 g/mol. The smallest absolute Gasteiger partial charge is 0.173 e. The lowest BCUT2D eigenvalue weighted by molar-refractivity contribution is 0.565. The van der Waals surface area contributed by atoms with E-state index < -0.39 is 7.29 Å². The first-order valence-corrected chi connectivity index (χ1v) is 8.21. The molecular formula is C15H18NOP. The van der Waals surface area contributed by atoms with E-state index in [1.807, 2.05) is 67.6 Å². The summed E-state index contributed by atoms with van der Waals surface area (Å²) in [5.41, 5.74) is 1.15. The number of hydrogen-bond donors (Lipinski definition) is 1. The summed E-state index contributed by atoms with van der Waals surface area (Å²) < 4.78 is 12.7. The molecule has 2 aromatic carbocycles. The van der Waals surface area contributed by atoms with E-state index in [9.17, 15) is 4.57 Å². The van der Waals surface area contributed by atoms with Crippen LogP contribution in [0.2, 0.25) is 0 Å². The first-order valence-electron chi connectivity index (χ1n) is 6.05. The highest BCUT2D eigenvalue weighted by Crippen LogP contribution is 2.38. The predicted molar refractivity (Wildman–Crippen MR) is 77.6 cm³/mol. The van der Waals surface area contributed by atoms with Crippen LogP contribution in [0.15, 0.2) is 60.7 Å². The van der Waals surface area contributed by atoms with Crippen molar-refractivity contribution in [2.24, 2.45) is 0 Å². The van der Waals surface area contributed by atoms with Crippen LogP contribution in [0.1, 0.15) is 18.5 Å². The number of nitrogens with one attached hydrogen (secondary N) is 1. The highest BCUT2D eigenvalue weighted by molar-refractivity contribution is 7.68. The Morgan fingerprint density at radius 2 is 1.44 bits per heavy atom. The summed E-state index contributed by atoms with van der Waals surface area (Å²) >= 11 is 0. The molecule has 3 heteroatoms. The van der Waals surface area contributed by atoms with Crippen LogP contribution in [0, 0.1) is 0 Å². The minimum atomic E-state index is -2.52. The molecule has 0 aliphatic carbocycles. The minimum Gasteiger partial charge on any atom is -0.302 e. The van der Waals surface area contributed by atoms with E-state index in [0.717, 1.165) is 10.9 Å². The highest BCUT2D eigenvalue weighted by Gasteiger charge is 2.20. The van der Waals surface area contributed by atoms with Gasteiger partial charge in [-0.3, -0.25) is 5.09 Å². The maximum Gasteiger partial charge on any atom is 0.173 e. The Kier molecular flexibility index (Phi) is 4.00. The Bertz CT molecular complexity index is 539. The molecule has 0 spiro atoms. The van der Waals surface area contributed by atoms with Gasteiger partial charge in [-0.15, -0.1) is 0 Å². The molecule has 1 N–H and O–H groups in total. The van der Waals surface area contributed by atoms with E-state index in [-0.39, 0.29) is 6.04 Å². The fraction of sp³-hybridized carbons (Fsp3) is 0.200. The molecule has 2 nitrogen and oxygen atoms in total. The van der Waals surface area contributed by atoms with Gasteiger partial charge < -0.3 is 4.57 Å². The van der Waals surface area contributed by atoms with Crippen molar-refractivity contribution in [3.05, 3.63) is 66.2 Å². The monoisotopic (exact) mass is 259 g/mol. The maximum atomic E-state index is 12.7. The van der Waals surface area contributed by atoms with Crippen molar-refractivity contribution < 1.29 is 4.57 Å². The van der Waals surface area contributed by atoms with E-state index in [0.29, 0.717) is 0 Å². The molecule has 2 rings (SSSR count). The van der Waals surface area contributed by atoms with Crippen molar-refractivity contribution >= 4 is 12.6 Å². The van der Waals surface area contributed by atoms with Crippen LogP contribution >= 0.6 is 7.29 Å². The molecular weight excluding hydrogens is 241 g/mol. The van der Waals surface area contributed by atoms with Crippen molar-refractivity contribution in [2.45, 2.75) is 13.0 Å². The molecule has 0 saturated heterocycles. The third-order valence-corrected chi connectivity index (χ3v) is 5.15. The molecule has 0 heterocycles. The Labute approximate surface area is 108 Å². The molecule has 0 saturated carbocycles. The van der Waals surface area contributed by atoms with Crippen molar-refractivity contribution in [1.82, 2.24) is 5.09 Å². The van der Waals surface area contributed by atoms with Crippen molar-refractivity contribution in [3.63, 3.8) is 0 Å². The number of rotatable bonds is 4. The second kappa shape index (κ2) is 5.51. The summed E-state index contributed by atoms with van der Waals surface area (Å²) in [5.74, 6) is 0. The fourth-order valence-corrected chi connectivity index (χ4v) is 3.75. The van der Waals surface area contributed by atoms with Gasteiger partial charge in [-0.25, -0.2) is 0 Å². The summed E-state index contributed by atoms with van der Waals surface area (Å²) in [6, 6.07) is 19.7. The average Bonchev–Trinajstić information content (AvgIpc) is 2.40. The standard InChI is InChI=1S/C15H18NOP/c1-13(14-9-5-3-6-10-14)16-18(2,17)15-11-7-4-8-12-15/h3-13H,1-2H3,(H,16,17)/t13-,18?/m0/s1. The fourth-order valence-electron chi connectivity index (χ4n) is 1.97. The topological polar surface area (TPSA) is 29.1 Å². The molecule has 2 aromatic rings. The van der Waals surface area contributed by atoms with Gasteiger partial charge in [0.05, 0.1) is 0 Å². The zero-order valence-electron chi connectivity index (χ0n) is 10.7. The van der Waals surface area contributed by atoms with Crippen LogP contribution in [-0.4, -0.2) is 6.66 Å². The van der Waals surface area contributed by atoms with Gasteiger partial charge in [0.25, 0.3) is 0 Å². The Morgan fingerprint density at radius 3 is 2.00 bits per heavy atom. The van der Waals surface area contributed by atoms with Crippen molar-refractivity contribution in [3.8, 4) is 0 Å². The Morgan fingerprint density at radius 1 is 0.944 bits per heavy atom. The first kappa shape index (κ1) is 13.1. The normalized spacial score (nSPS) is 15.9. The van der Waals surface area contributed by atoms with Gasteiger partial charge in [-0.1, -0.05) is 60.7 Å². The van der Waals surface area contributed by atoms with Crippen LogP contribution < -0.4 is 10.4 Å². The molecule has 0 aliphatic heterocycles. The molecule has 0 aliphatic rings. The van der Waals surface area contributed by atoms with Crippen LogP contribution in [0.25, 0.3) is 0 Å². The van der Waals surface area contributed by atoms with Crippen LogP contribution in [-0.2, 0) is 4.57 Å². The second-order valence-electron chi connectivity index (χ2n) is 4.52. The zero-order valence-corrected chi connectivity index (χ0v) is 11.6. The number of hydrogen-bond acceptors (Lipinski definition) is 1. The van der Waals surface area contributed by atoms with Gasteiger partial charge in [-0.2, -0.15) is 0 Å². The lowest BCUT2D eigenvalue weighted by Gasteiger charge is -2.21. The van der Waals surface area contributed by atoms with Gasteiger partial charge in [-0.05, 0) is 12.5 Å². The Balaban J connectivity index is 2.17. The second-order valence-corrected chi connectivity index (χ2v) is 7.14. The van der Waals surface area contributed by atoms with Gasteiger partial charge >= 0.3 is 0 Å². The lowest BCUT2D eigenvalue weighted by atomic mass is 10.1. The largest absolute Gasteiger partial charge is 0.302 e. The summed E-state index contributed by atoms with van der Waals surface area (Å²) in [7, 11) is -2.52. The summed E-state index contributed by atoms with van der Waals surface area (Å²) in [4.78, 5) is 0. The first-order chi connectivity index (χ1) is 8.59. The minimum absolute atomic E-state index is 0.0715. The molecule has 0 aromatic heterocycles. The molecule has 94 valence electrons. The summed E-state index contributed by atoms with van der Waals surface area (Å²) in [6.07, 6.45) is 0. The van der Waals surface area contributed by atoms with Gasteiger partial charge in [0.1, 0.15) is 0 Å². The molecule has 0 radical (unpaired) electrons. The summed E-state index contributed by atoms with van der Waals surface area (Å²) in [6.45, 7) is 3.82.